The number of fused-ring (bicyclic) bond motifs is 1. The molecule has 2 aromatic rings. The summed E-state index contributed by atoms with van der Waals surface area (Å²) in [5, 5.41) is 23.5. The predicted octanol–water partition coefficient (Wildman–Crippen LogP) is 3.00. The fourth-order valence-electron chi connectivity index (χ4n) is 2.97. The lowest BCUT2D eigenvalue weighted by Crippen LogP contribution is -2.30. The molecule has 1 atom stereocenters. The van der Waals surface area contributed by atoms with Crippen LogP contribution in [0.2, 0.25) is 5.02 Å². The molecule has 1 unspecified atom stereocenters. The van der Waals surface area contributed by atoms with Crippen molar-refractivity contribution in [3.63, 3.8) is 0 Å². The number of methoxy groups -OCH3 is 2. The van der Waals surface area contributed by atoms with Crippen LogP contribution >= 0.6 is 11.6 Å². The highest BCUT2D eigenvalue weighted by molar-refractivity contribution is 6.32. The summed E-state index contributed by atoms with van der Waals surface area (Å²) in [6.07, 6.45) is 0.770. The highest BCUT2D eigenvalue weighted by atomic mass is 35.5. The third-order valence-corrected chi connectivity index (χ3v) is 4.40. The topological polar surface area (TPSA) is 71.0 Å². The number of hydrogen-bond donors (Lipinski definition) is 3. The zero-order valence-electron chi connectivity index (χ0n) is 12.9. The molecule has 0 fully saturated rings. The van der Waals surface area contributed by atoms with E-state index in [0.717, 1.165) is 29.7 Å². The van der Waals surface area contributed by atoms with Crippen molar-refractivity contribution >= 4 is 11.6 Å². The van der Waals surface area contributed by atoms with Gasteiger partial charge in [0, 0.05) is 18.2 Å². The van der Waals surface area contributed by atoms with Gasteiger partial charge in [0.25, 0.3) is 0 Å². The number of hydrogen-bond acceptors (Lipinski definition) is 5. The Bertz CT molecular complexity index is 748. The molecule has 1 aliphatic rings. The molecule has 3 N–H and O–H groups in total. The molecule has 0 amide bonds. The number of halogens is 1. The normalized spacial score (nSPS) is 16.7. The minimum atomic E-state index is -0.191. The van der Waals surface area contributed by atoms with Gasteiger partial charge in [-0.15, -0.1) is 0 Å². The van der Waals surface area contributed by atoms with Crippen molar-refractivity contribution in [2.45, 2.75) is 12.5 Å². The quantitative estimate of drug-likeness (QED) is 0.752. The summed E-state index contributed by atoms with van der Waals surface area (Å²) in [5.41, 5.74) is 2.73. The number of aromatic hydroxyl groups is 2. The van der Waals surface area contributed by atoms with Crippen molar-refractivity contribution in [1.29, 1.82) is 0 Å². The summed E-state index contributed by atoms with van der Waals surface area (Å²) in [5.74, 6) is 0.932. The SMILES string of the molecule is COc1cc(OC)c(C2NCCc3cc(O)c(O)cc32)cc1Cl. The van der Waals surface area contributed by atoms with Crippen molar-refractivity contribution in [3.8, 4) is 23.0 Å². The van der Waals surface area contributed by atoms with Crippen LogP contribution in [0, 0.1) is 0 Å². The first-order valence-corrected chi connectivity index (χ1v) is 7.62. The van der Waals surface area contributed by atoms with E-state index in [9.17, 15) is 10.2 Å². The van der Waals surface area contributed by atoms with Gasteiger partial charge in [0.05, 0.1) is 25.3 Å². The molecular formula is C17H18ClNO4. The van der Waals surface area contributed by atoms with E-state index in [4.69, 9.17) is 21.1 Å². The minimum Gasteiger partial charge on any atom is -0.504 e. The second-order valence-corrected chi connectivity index (χ2v) is 5.81. The molecule has 0 bridgehead atoms. The van der Waals surface area contributed by atoms with Gasteiger partial charge < -0.3 is 25.0 Å². The molecule has 1 heterocycles. The number of rotatable bonds is 3. The van der Waals surface area contributed by atoms with Crippen LogP contribution in [0.15, 0.2) is 24.3 Å². The Morgan fingerprint density at radius 2 is 1.70 bits per heavy atom. The molecule has 122 valence electrons. The van der Waals surface area contributed by atoms with Crippen LogP contribution in [0.1, 0.15) is 22.7 Å². The molecule has 0 saturated heterocycles. The van der Waals surface area contributed by atoms with E-state index in [1.807, 2.05) is 0 Å². The highest BCUT2D eigenvalue weighted by Crippen LogP contribution is 2.41. The van der Waals surface area contributed by atoms with Gasteiger partial charge in [-0.05, 0) is 35.7 Å². The number of benzene rings is 2. The molecule has 23 heavy (non-hydrogen) atoms. The monoisotopic (exact) mass is 335 g/mol. The van der Waals surface area contributed by atoms with Crippen LogP contribution in [0.25, 0.3) is 0 Å². The van der Waals surface area contributed by atoms with Crippen molar-refractivity contribution in [1.82, 2.24) is 5.32 Å². The van der Waals surface area contributed by atoms with E-state index < -0.39 is 0 Å². The van der Waals surface area contributed by atoms with Gasteiger partial charge >= 0.3 is 0 Å². The number of nitrogens with one attached hydrogen (secondary N) is 1. The van der Waals surface area contributed by atoms with Gasteiger partial charge in [-0.2, -0.15) is 0 Å². The minimum absolute atomic E-state index is 0.107. The molecule has 0 radical (unpaired) electrons. The van der Waals surface area contributed by atoms with Crippen LogP contribution < -0.4 is 14.8 Å². The molecule has 0 saturated carbocycles. The lowest BCUT2D eigenvalue weighted by molar-refractivity contribution is 0.385. The Morgan fingerprint density at radius 3 is 2.39 bits per heavy atom. The van der Waals surface area contributed by atoms with Crippen molar-refractivity contribution in [2.75, 3.05) is 20.8 Å². The number of phenolic OH excluding ortho intramolecular Hbond substituents is 2. The largest absolute Gasteiger partial charge is 0.504 e. The van der Waals surface area contributed by atoms with Crippen molar-refractivity contribution in [2.24, 2.45) is 0 Å². The second kappa shape index (κ2) is 6.18. The molecule has 0 aliphatic carbocycles. The zero-order valence-corrected chi connectivity index (χ0v) is 13.6. The van der Waals surface area contributed by atoms with Crippen molar-refractivity contribution in [3.05, 3.63) is 46.0 Å². The summed E-state index contributed by atoms with van der Waals surface area (Å²) >= 11 is 6.26. The van der Waals surface area contributed by atoms with Gasteiger partial charge in [0.15, 0.2) is 11.5 Å². The lowest BCUT2D eigenvalue weighted by Gasteiger charge is -2.29. The Morgan fingerprint density at radius 1 is 1.00 bits per heavy atom. The van der Waals surface area contributed by atoms with Gasteiger partial charge in [0.2, 0.25) is 0 Å². The fraction of sp³-hybridized carbons (Fsp3) is 0.294. The molecule has 2 aromatic carbocycles. The molecule has 0 spiro atoms. The van der Waals surface area contributed by atoms with Crippen LogP contribution in [-0.2, 0) is 6.42 Å². The number of ether oxygens (including phenoxy) is 2. The maximum Gasteiger partial charge on any atom is 0.157 e. The smallest absolute Gasteiger partial charge is 0.157 e. The van der Waals surface area contributed by atoms with Crippen LogP contribution in [-0.4, -0.2) is 31.0 Å². The summed E-state index contributed by atoms with van der Waals surface area (Å²) in [6.45, 7) is 0.745. The first kappa shape index (κ1) is 15.8. The zero-order chi connectivity index (χ0) is 16.6. The number of phenols is 2. The van der Waals surface area contributed by atoms with E-state index in [1.165, 1.54) is 0 Å². The second-order valence-electron chi connectivity index (χ2n) is 5.41. The Hall–Kier alpha value is -2.11. The fourth-order valence-corrected chi connectivity index (χ4v) is 3.22. The van der Waals surface area contributed by atoms with Crippen LogP contribution in [0.4, 0.5) is 0 Å². The van der Waals surface area contributed by atoms with E-state index in [2.05, 4.69) is 5.32 Å². The summed E-state index contributed by atoms with van der Waals surface area (Å²) < 4.78 is 10.7. The average molecular weight is 336 g/mol. The molecular weight excluding hydrogens is 318 g/mol. The van der Waals surface area contributed by atoms with Gasteiger partial charge in [-0.1, -0.05) is 11.6 Å². The van der Waals surface area contributed by atoms with Crippen LogP contribution in [0.3, 0.4) is 0 Å². The Kier molecular flexibility index (Phi) is 4.24. The molecule has 1 aliphatic heterocycles. The third-order valence-electron chi connectivity index (χ3n) is 4.11. The van der Waals surface area contributed by atoms with Crippen LogP contribution in [0.5, 0.6) is 23.0 Å². The summed E-state index contributed by atoms with van der Waals surface area (Å²) in [6, 6.07) is 6.54. The predicted molar refractivity (Wildman–Crippen MR) is 87.9 cm³/mol. The van der Waals surface area contributed by atoms with E-state index in [1.54, 1.807) is 38.5 Å². The Balaban J connectivity index is 2.14. The maximum atomic E-state index is 9.85. The first-order valence-electron chi connectivity index (χ1n) is 7.24. The molecule has 0 aromatic heterocycles. The summed E-state index contributed by atoms with van der Waals surface area (Å²) in [4.78, 5) is 0. The van der Waals surface area contributed by atoms with E-state index in [0.29, 0.717) is 16.5 Å². The molecule has 6 heteroatoms. The van der Waals surface area contributed by atoms with Gasteiger partial charge in [-0.3, -0.25) is 0 Å². The maximum absolute atomic E-state index is 9.85. The van der Waals surface area contributed by atoms with Crippen molar-refractivity contribution < 1.29 is 19.7 Å². The lowest BCUT2D eigenvalue weighted by atomic mass is 9.89. The Labute approximate surface area is 139 Å². The standard InChI is InChI=1S/C17H18ClNO4/c1-22-15-8-16(23-2)12(18)6-11(15)17-10-7-14(21)13(20)5-9(10)3-4-19-17/h5-8,17,19-21H,3-4H2,1-2H3. The first-order chi connectivity index (χ1) is 11.0. The average Bonchev–Trinajstić information content (AvgIpc) is 2.55. The van der Waals surface area contributed by atoms with Gasteiger partial charge in [-0.25, -0.2) is 0 Å². The molecule has 3 rings (SSSR count). The highest BCUT2D eigenvalue weighted by Gasteiger charge is 2.26. The van der Waals surface area contributed by atoms with E-state index >= 15 is 0 Å². The molecule has 5 nitrogen and oxygen atoms in total. The summed E-state index contributed by atoms with van der Waals surface area (Å²) in [7, 11) is 3.14. The van der Waals surface area contributed by atoms with E-state index in [-0.39, 0.29) is 17.5 Å². The van der Waals surface area contributed by atoms with Gasteiger partial charge in [0.1, 0.15) is 11.5 Å². The third kappa shape index (κ3) is 2.78.